The van der Waals surface area contributed by atoms with E-state index in [1.165, 1.54) is 0 Å². The van der Waals surface area contributed by atoms with Crippen LogP contribution in [0.1, 0.15) is 50.5 Å². The van der Waals surface area contributed by atoms with Crippen LogP contribution in [0, 0.1) is 0 Å². The van der Waals surface area contributed by atoms with Crippen LogP contribution in [-0.4, -0.2) is 31.7 Å². The number of carbonyl (C=O) groups is 1. The molecule has 1 amide bonds. The van der Waals surface area contributed by atoms with Gasteiger partial charge in [0.15, 0.2) is 0 Å². The number of amides is 1. The maximum Gasteiger partial charge on any atom is 0.243 e. The number of nitrogens with zero attached hydrogens (tertiary/aromatic N) is 1. The first-order valence-corrected chi connectivity index (χ1v) is 11.4. The predicted octanol–water partition coefficient (Wildman–Crippen LogP) is 4.38. The monoisotopic (exact) mass is 400 g/mol. The van der Waals surface area contributed by atoms with Crippen molar-refractivity contribution in [1.29, 1.82) is 0 Å². The molecule has 150 valence electrons. The lowest BCUT2D eigenvalue weighted by molar-refractivity contribution is -0.117. The molecule has 2 aromatic rings. The van der Waals surface area contributed by atoms with E-state index in [4.69, 9.17) is 0 Å². The fourth-order valence-electron chi connectivity index (χ4n) is 3.64. The average Bonchev–Trinajstić information content (AvgIpc) is 2.73. The Kier molecular flexibility index (Phi) is 6.86. The minimum absolute atomic E-state index is 0.111. The fraction of sp³-hybridized carbons (Fsp3) is 0.409. The minimum Gasteiger partial charge on any atom is -0.326 e. The lowest BCUT2D eigenvalue weighted by Gasteiger charge is -2.26. The van der Waals surface area contributed by atoms with Crippen molar-refractivity contribution >= 4 is 21.6 Å². The second-order valence-corrected chi connectivity index (χ2v) is 9.17. The Labute approximate surface area is 167 Å². The van der Waals surface area contributed by atoms with Crippen LogP contribution in [-0.2, 0) is 14.8 Å². The summed E-state index contributed by atoms with van der Waals surface area (Å²) in [6, 6.07) is 16.3. The van der Waals surface area contributed by atoms with Crippen LogP contribution in [0.25, 0.3) is 0 Å². The summed E-state index contributed by atoms with van der Waals surface area (Å²) >= 11 is 0. The predicted molar refractivity (Wildman–Crippen MR) is 112 cm³/mol. The number of nitrogens with one attached hydrogen (secondary N) is 1. The molecule has 1 saturated heterocycles. The van der Waals surface area contributed by atoms with E-state index >= 15 is 0 Å². The van der Waals surface area contributed by atoms with E-state index in [9.17, 15) is 13.2 Å². The first kappa shape index (κ1) is 20.6. The van der Waals surface area contributed by atoms with Gasteiger partial charge in [0.1, 0.15) is 0 Å². The SMILES string of the molecule is CCCC(C(=O)Nc1cccc(S(=O)(=O)N2CCCCC2)c1)c1ccccc1. The van der Waals surface area contributed by atoms with Gasteiger partial charge in [-0.25, -0.2) is 8.42 Å². The second-order valence-electron chi connectivity index (χ2n) is 7.23. The molecule has 0 radical (unpaired) electrons. The molecule has 1 aliphatic heterocycles. The molecule has 1 aliphatic rings. The standard InChI is InChI=1S/C22H28N2O3S/c1-2-10-21(18-11-5-3-6-12-18)22(25)23-19-13-9-14-20(17-19)28(26,27)24-15-7-4-8-16-24/h3,5-6,9,11-14,17,21H,2,4,7-8,10,15-16H2,1H3,(H,23,25). The van der Waals surface area contributed by atoms with Crippen LogP contribution in [0.4, 0.5) is 5.69 Å². The van der Waals surface area contributed by atoms with Crippen LogP contribution in [0.5, 0.6) is 0 Å². The molecule has 0 bridgehead atoms. The lowest BCUT2D eigenvalue weighted by Crippen LogP contribution is -2.35. The fourth-order valence-corrected chi connectivity index (χ4v) is 5.20. The lowest BCUT2D eigenvalue weighted by atomic mass is 9.93. The van der Waals surface area contributed by atoms with Crippen LogP contribution in [0.15, 0.2) is 59.5 Å². The number of hydrogen-bond acceptors (Lipinski definition) is 3. The van der Waals surface area contributed by atoms with Gasteiger partial charge in [0.25, 0.3) is 0 Å². The molecule has 1 atom stereocenters. The smallest absolute Gasteiger partial charge is 0.243 e. The van der Waals surface area contributed by atoms with Gasteiger partial charge in [0.05, 0.1) is 10.8 Å². The molecular formula is C22H28N2O3S. The Hall–Kier alpha value is -2.18. The van der Waals surface area contributed by atoms with E-state index in [1.807, 2.05) is 30.3 Å². The summed E-state index contributed by atoms with van der Waals surface area (Å²) in [7, 11) is -3.52. The molecule has 5 nitrogen and oxygen atoms in total. The minimum atomic E-state index is -3.52. The molecule has 3 rings (SSSR count). The maximum absolute atomic E-state index is 12.9. The Bertz CT molecular complexity index is 891. The molecule has 1 N–H and O–H groups in total. The zero-order valence-corrected chi connectivity index (χ0v) is 17.1. The van der Waals surface area contributed by atoms with Crippen molar-refractivity contribution < 1.29 is 13.2 Å². The third-order valence-corrected chi connectivity index (χ3v) is 7.04. The molecule has 0 saturated carbocycles. The van der Waals surface area contributed by atoms with Gasteiger partial charge < -0.3 is 5.32 Å². The van der Waals surface area contributed by atoms with E-state index < -0.39 is 10.0 Å². The number of rotatable bonds is 7. The van der Waals surface area contributed by atoms with E-state index in [-0.39, 0.29) is 16.7 Å². The number of carbonyl (C=O) groups excluding carboxylic acids is 1. The van der Waals surface area contributed by atoms with Crippen molar-refractivity contribution in [2.24, 2.45) is 0 Å². The molecule has 0 spiro atoms. The van der Waals surface area contributed by atoms with Gasteiger partial charge in [-0.3, -0.25) is 4.79 Å². The largest absolute Gasteiger partial charge is 0.326 e. The van der Waals surface area contributed by atoms with Gasteiger partial charge in [0, 0.05) is 18.8 Å². The highest BCUT2D eigenvalue weighted by Crippen LogP contribution is 2.26. The first-order chi connectivity index (χ1) is 13.5. The molecule has 0 aliphatic carbocycles. The molecule has 0 aromatic heterocycles. The average molecular weight is 401 g/mol. The summed E-state index contributed by atoms with van der Waals surface area (Å²) < 4.78 is 27.3. The summed E-state index contributed by atoms with van der Waals surface area (Å²) in [6.45, 7) is 3.17. The molecule has 6 heteroatoms. The molecule has 1 fully saturated rings. The Morgan fingerprint density at radius 3 is 2.43 bits per heavy atom. The summed E-state index contributed by atoms with van der Waals surface area (Å²) in [5.74, 6) is -0.367. The van der Waals surface area contributed by atoms with E-state index in [0.29, 0.717) is 18.8 Å². The summed E-state index contributed by atoms with van der Waals surface area (Å²) in [5.41, 5.74) is 1.49. The molecule has 1 unspecified atom stereocenters. The summed E-state index contributed by atoms with van der Waals surface area (Å²) in [5, 5.41) is 2.92. The van der Waals surface area contributed by atoms with E-state index in [1.54, 1.807) is 28.6 Å². The highest BCUT2D eigenvalue weighted by molar-refractivity contribution is 7.89. The van der Waals surface area contributed by atoms with Crippen LogP contribution < -0.4 is 5.32 Å². The highest BCUT2D eigenvalue weighted by atomic mass is 32.2. The molecule has 1 heterocycles. The van der Waals surface area contributed by atoms with Crippen molar-refractivity contribution in [2.75, 3.05) is 18.4 Å². The molecular weight excluding hydrogens is 372 g/mol. The molecule has 28 heavy (non-hydrogen) atoms. The highest BCUT2D eigenvalue weighted by Gasteiger charge is 2.26. The van der Waals surface area contributed by atoms with Gasteiger partial charge in [-0.2, -0.15) is 4.31 Å². The van der Waals surface area contributed by atoms with Gasteiger partial charge >= 0.3 is 0 Å². The van der Waals surface area contributed by atoms with Crippen molar-refractivity contribution in [3.8, 4) is 0 Å². The third-order valence-electron chi connectivity index (χ3n) is 5.15. The van der Waals surface area contributed by atoms with Gasteiger partial charge in [-0.05, 0) is 43.0 Å². The zero-order valence-electron chi connectivity index (χ0n) is 16.3. The quantitative estimate of drug-likeness (QED) is 0.750. The van der Waals surface area contributed by atoms with Gasteiger partial charge in [0.2, 0.25) is 15.9 Å². The van der Waals surface area contributed by atoms with Crippen molar-refractivity contribution in [1.82, 2.24) is 4.31 Å². The number of hydrogen-bond donors (Lipinski definition) is 1. The van der Waals surface area contributed by atoms with Crippen molar-refractivity contribution in [3.63, 3.8) is 0 Å². The number of anilines is 1. The normalized spacial score (nSPS) is 16.5. The first-order valence-electron chi connectivity index (χ1n) is 9.98. The second kappa shape index (κ2) is 9.34. The number of benzene rings is 2. The van der Waals surface area contributed by atoms with Gasteiger partial charge in [-0.1, -0.05) is 56.2 Å². The van der Waals surface area contributed by atoms with Gasteiger partial charge in [-0.15, -0.1) is 0 Å². The Morgan fingerprint density at radius 2 is 1.75 bits per heavy atom. The summed E-state index contributed by atoms with van der Waals surface area (Å²) in [6.07, 6.45) is 4.48. The van der Waals surface area contributed by atoms with E-state index in [0.717, 1.165) is 37.7 Å². The van der Waals surface area contributed by atoms with Crippen LogP contribution >= 0.6 is 0 Å². The Balaban J connectivity index is 1.79. The maximum atomic E-state index is 12.9. The topological polar surface area (TPSA) is 66.5 Å². The third kappa shape index (κ3) is 4.80. The van der Waals surface area contributed by atoms with E-state index in [2.05, 4.69) is 12.2 Å². The number of piperidine rings is 1. The van der Waals surface area contributed by atoms with Crippen LogP contribution in [0.2, 0.25) is 0 Å². The van der Waals surface area contributed by atoms with Crippen molar-refractivity contribution in [2.45, 2.75) is 49.8 Å². The van der Waals surface area contributed by atoms with Crippen LogP contribution in [0.3, 0.4) is 0 Å². The zero-order chi connectivity index (χ0) is 20.0. The Morgan fingerprint density at radius 1 is 1.04 bits per heavy atom. The van der Waals surface area contributed by atoms with Crippen molar-refractivity contribution in [3.05, 3.63) is 60.2 Å². The number of sulfonamides is 1. The molecule has 2 aromatic carbocycles. The summed E-state index contributed by atoms with van der Waals surface area (Å²) in [4.78, 5) is 13.1.